The SMILES string of the molecule is C=Cc1cc(F)c(C(F)(F)OC)cc1F. The number of hydrogen-bond acceptors (Lipinski definition) is 1. The Morgan fingerprint density at radius 1 is 1.27 bits per heavy atom. The van der Waals surface area contributed by atoms with Gasteiger partial charge in [-0.3, -0.25) is 0 Å². The summed E-state index contributed by atoms with van der Waals surface area (Å²) in [4.78, 5) is 0. The Labute approximate surface area is 84.0 Å². The van der Waals surface area contributed by atoms with Gasteiger partial charge in [-0.05, 0) is 12.1 Å². The van der Waals surface area contributed by atoms with Gasteiger partial charge in [-0.1, -0.05) is 12.7 Å². The zero-order valence-corrected chi connectivity index (χ0v) is 7.86. The van der Waals surface area contributed by atoms with E-state index in [1.807, 2.05) is 0 Å². The van der Waals surface area contributed by atoms with Gasteiger partial charge in [0.15, 0.2) is 0 Å². The van der Waals surface area contributed by atoms with Crippen molar-refractivity contribution in [2.45, 2.75) is 6.11 Å². The van der Waals surface area contributed by atoms with Crippen molar-refractivity contribution in [3.63, 3.8) is 0 Å². The molecule has 0 fully saturated rings. The molecule has 1 aromatic carbocycles. The molecule has 0 unspecified atom stereocenters. The largest absolute Gasteiger partial charge is 0.386 e. The molecule has 1 aromatic rings. The van der Waals surface area contributed by atoms with Crippen LogP contribution in [-0.4, -0.2) is 7.11 Å². The Morgan fingerprint density at radius 3 is 2.33 bits per heavy atom. The fourth-order valence-corrected chi connectivity index (χ4v) is 1.05. The molecule has 0 aliphatic carbocycles. The van der Waals surface area contributed by atoms with Crippen molar-refractivity contribution < 1.29 is 22.3 Å². The molecule has 0 N–H and O–H groups in total. The van der Waals surface area contributed by atoms with Gasteiger partial charge in [-0.2, -0.15) is 8.78 Å². The summed E-state index contributed by atoms with van der Waals surface area (Å²) in [5, 5.41) is 0. The molecule has 0 radical (unpaired) electrons. The number of hydrogen-bond donors (Lipinski definition) is 0. The summed E-state index contributed by atoms with van der Waals surface area (Å²) in [6.07, 6.45) is -2.81. The number of benzene rings is 1. The molecular formula is C10H8F4O. The van der Waals surface area contributed by atoms with Crippen LogP contribution in [0, 0.1) is 11.6 Å². The van der Waals surface area contributed by atoms with Crippen molar-refractivity contribution in [1.82, 2.24) is 0 Å². The molecule has 1 nitrogen and oxygen atoms in total. The topological polar surface area (TPSA) is 9.23 Å². The normalized spacial score (nSPS) is 11.5. The summed E-state index contributed by atoms with van der Waals surface area (Å²) >= 11 is 0. The third-order valence-electron chi connectivity index (χ3n) is 1.88. The van der Waals surface area contributed by atoms with E-state index >= 15 is 0 Å². The van der Waals surface area contributed by atoms with Gasteiger partial charge in [0.2, 0.25) is 0 Å². The molecule has 0 saturated heterocycles. The monoisotopic (exact) mass is 220 g/mol. The van der Waals surface area contributed by atoms with Gasteiger partial charge in [0.1, 0.15) is 11.6 Å². The second-order valence-electron chi connectivity index (χ2n) is 2.78. The zero-order valence-electron chi connectivity index (χ0n) is 7.86. The summed E-state index contributed by atoms with van der Waals surface area (Å²) < 4.78 is 55.8. The van der Waals surface area contributed by atoms with Gasteiger partial charge < -0.3 is 4.74 Å². The number of methoxy groups -OCH3 is 1. The Bertz CT molecular complexity index is 387. The molecule has 0 spiro atoms. The van der Waals surface area contributed by atoms with Crippen molar-refractivity contribution in [3.05, 3.63) is 41.5 Å². The minimum atomic E-state index is -3.84. The van der Waals surface area contributed by atoms with Gasteiger partial charge in [-0.15, -0.1) is 0 Å². The van der Waals surface area contributed by atoms with E-state index in [4.69, 9.17) is 0 Å². The first-order valence-electron chi connectivity index (χ1n) is 3.97. The maximum absolute atomic E-state index is 13.1. The van der Waals surface area contributed by atoms with Crippen molar-refractivity contribution in [2.75, 3.05) is 7.11 Å². The highest BCUT2D eigenvalue weighted by molar-refractivity contribution is 5.49. The minimum Gasteiger partial charge on any atom is -0.320 e. The lowest BCUT2D eigenvalue weighted by Gasteiger charge is -2.15. The lowest BCUT2D eigenvalue weighted by molar-refractivity contribution is -0.233. The summed E-state index contributed by atoms with van der Waals surface area (Å²) in [7, 11) is 0.707. The highest BCUT2D eigenvalue weighted by Crippen LogP contribution is 2.32. The third-order valence-corrected chi connectivity index (χ3v) is 1.88. The van der Waals surface area contributed by atoms with Crippen molar-refractivity contribution in [2.24, 2.45) is 0 Å². The molecule has 82 valence electrons. The zero-order chi connectivity index (χ0) is 11.6. The second kappa shape index (κ2) is 4.02. The van der Waals surface area contributed by atoms with Gasteiger partial charge >= 0.3 is 6.11 Å². The van der Waals surface area contributed by atoms with Gasteiger partial charge in [-0.25, -0.2) is 8.78 Å². The van der Waals surface area contributed by atoms with E-state index in [9.17, 15) is 17.6 Å². The van der Waals surface area contributed by atoms with Crippen LogP contribution in [-0.2, 0) is 10.8 Å². The molecular weight excluding hydrogens is 212 g/mol. The lowest BCUT2D eigenvalue weighted by atomic mass is 10.1. The van der Waals surface area contributed by atoms with Crippen molar-refractivity contribution >= 4 is 6.08 Å². The summed E-state index contributed by atoms with van der Waals surface area (Å²) in [5.74, 6) is -2.21. The third kappa shape index (κ3) is 2.18. The minimum absolute atomic E-state index is 0.178. The quantitative estimate of drug-likeness (QED) is 0.710. The summed E-state index contributed by atoms with van der Waals surface area (Å²) in [5.41, 5.74) is -1.31. The van der Waals surface area contributed by atoms with E-state index < -0.39 is 23.3 Å². The highest BCUT2D eigenvalue weighted by atomic mass is 19.3. The summed E-state index contributed by atoms with van der Waals surface area (Å²) in [6, 6.07) is 1.04. The van der Waals surface area contributed by atoms with E-state index in [-0.39, 0.29) is 5.56 Å². The molecule has 1 rings (SSSR count). The van der Waals surface area contributed by atoms with Crippen LogP contribution in [0.2, 0.25) is 0 Å². The van der Waals surface area contributed by atoms with Gasteiger partial charge in [0, 0.05) is 12.7 Å². The van der Waals surface area contributed by atoms with Crippen LogP contribution >= 0.6 is 0 Å². The van der Waals surface area contributed by atoms with Crippen molar-refractivity contribution in [3.8, 4) is 0 Å². The molecule has 0 atom stereocenters. The fourth-order valence-electron chi connectivity index (χ4n) is 1.05. The number of ether oxygens (including phenoxy) is 1. The molecule has 0 heterocycles. The molecule has 0 amide bonds. The Kier molecular flexibility index (Phi) is 3.14. The first-order valence-corrected chi connectivity index (χ1v) is 3.97. The molecule has 15 heavy (non-hydrogen) atoms. The van der Waals surface area contributed by atoms with E-state index in [2.05, 4.69) is 11.3 Å². The van der Waals surface area contributed by atoms with Crippen LogP contribution in [0.15, 0.2) is 18.7 Å². The van der Waals surface area contributed by atoms with E-state index in [0.29, 0.717) is 19.2 Å². The van der Waals surface area contributed by atoms with Crippen LogP contribution < -0.4 is 0 Å². The van der Waals surface area contributed by atoms with Crippen LogP contribution in [0.4, 0.5) is 17.6 Å². The van der Waals surface area contributed by atoms with E-state index in [0.717, 1.165) is 6.08 Å². The first-order chi connectivity index (χ1) is 6.92. The second-order valence-corrected chi connectivity index (χ2v) is 2.78. The maximum Gasteiger partial charge on any atom is 0.386 e. The molecule has 5 heteroatoms. The van der Waals surface area contributed by atoms with Gasteiger partial charge in [0.05, 0.1) is 5.56 Å². The number of halogens is 4. The Morgan fingerprint density at radius 2 is 1.87 bits per heavy atom. The van der Waals surface area contributed by atoms with Crippen LogP contribution in [0.5, 0.6) is 0 Å². The standard InChI is InChI=1S/C10H8F4O/c1-3-6-4-9(12)7(5-8(6)11)10(13,14)15-2/h3-5H,1H2,2H3. The van der Waals surface area contributed by atoms with Crippen LogP contribution in [0.25, 0.3) is 6.08 Å². The predicted octanol–water partition coefficient (Wildman–Crippen LogP) is 3.30. The molecule has 0 aliphatic rings. The molecule has 0 saturated carbocycles. The maximum atomic E-state index is 13.1. The van der Waals surface area contributed by atoms with Crippen LogP contribution in [0.3, 0.4) is 0 Å². The van der Waals surface area contributed by atoms with E-state index in [1.54, 1.807) is 0 Å². The fraction of sp³-hybridized carbons (Fsp3) is 0.200. The predicted molar refractivity (Wildman–Crippen MR) is 47.4 cm³/mol. The molecule has 0 aromatic heterocycles. The molecule has 0 bridgehead atoms. The highest BCUT2D eigenvalue weighted by Gasteiger charge is 2.35. The Hall–Kier alpha value is -1.36. The first kappa shape index (κ1) is 11.7. The van der Waals surface area contributed by atoms with Crippen molar-refractivity contribution in [1.29, 1.82) is 0 Å². The summed E-state index contributed by atoms with van der Waals surface area (Å²) in [6.45, 7) is 3.22. The number of alkyl halides is 2. The Balaban J connectivity index is 3.33. The van der Waals surface area contributed by atoms with E-state index in [1.165, 1.54) is 0 Å². The number of rotatable bonds is 3. The van der Waals surface area contributed by atoms with Gasteiger partial charge in [0.25, 0.3) is 0 Å². The average Bonchev–Trinajstić information content (AvgIpc) is 2.20. The molecule has 0 aliphatic heterocycles. The van der Waals surface area contributed by atoms with Crippen LogP contribution in [0.1, 0.15) is 11.1 Å². The average molecular weight is 220 g/mol. The lowest BCUT2D eigenvalue weighted by Crippen LogP contribution is -2.18. The smallest absolute Gasteiger partial charge is 0.320 e.